The number of hydrogen-bond donors (Lipinski definition) is 4. The summed E-state index contributed by atoms with van der Waals surface area (Å²) in [5, 5.41) is 10.1. The summed E-state index contributed by atoms with van der Waals surface area (Å²) in [7, 11) is -4.44. The van der Waals surface area contributed by atoms with E-state index in [1.54, 1.807) is 32.0 Å². The van der Waals surface area contributed by atoms with Gasteiger partial charge in [0.1, 0.15) is 11.3 Å². The molecule has 0 saturated heterocycles. The van der Waals surface area contributed by atoms with Gasteiger partial charge in [0, 0.05) is 12.4 Å². The van der Waals surface area contributed by atoms with Gasteiger partial charge in [0.2, 0.25) is 0 Å². The number of amides is 1. The molecule has 150 valence electrons. The van der Waals surface area contributed by atoms with E-state index in [4.69, 9.17) is 0 Å². The van der Waals surface area contributed by atoms with Gasteiger partial charge in [-0.1, -0.05) is 12.1 Å². The van der Waals surface area contributed by atoms with E-state index in [0.29, 0.717) is 11.3 Å². The molecule has 1 amide bonds. The third-order valence-corrected chi connectivity index (χ3v) is 5.14. The lowest BCUT2D eigenvalue weighted by molar-refractivity contribution is 0.0910. The third kappa shape index (κ3) is 4.62. The Bertz CT molecular complexity index is 1160. The van der Waals surface area contributed by atoms with Crippen LogP contribution >= 0.6 is 7.60 Å². The summed E-state index contributed by atoms with van der Waals surface area (Å²) in [5.41, 5.74) is -1.06. The maximum atomic E-state index is 12.6. The summed E-state index contributed by atoms with van der Waals surface area (Å²) in [5.74, 6) is -0.510. The van der Waals surface area contributed by atoms with Gasteiger partial charge < -0.3 is 20.1 Å². The molecule has 0 unspecified atom stereocenters. The summed E-state index contributed by atoms with van der Waals surface area (Å²) in [6.07, 6.45) is 2.62. The van der Waals surface area contributed by atoms with E-state index in [9.17, 15) is 23.9 Å². The summed E-state index contributed by atoms with van der Waals surface area (Å²) in [4.78, 5) is 50.3. The standard InChI is InChI=1S/C18H18N5O5P/c1-18(2,11-5-3-6-12(9-11)29(26,27)28)22-17(25)13-10-19-15(21-16(13)24)14-7-4-8-20-23-14/h3-10H,1-2H3,(H,22,25)(H,19,21,24)(H2,26,27,28). The predicted molar refractivity (Wildman–Crippen MR) is 104 cm³/mol. The lowest BCUT2D eigenvalue weighted by Gasteiger charge is -2.27. The van der Waals surface area contributed by atoms with Crippen molar-refractivity contribution in [3.05, 3.63) is 70.3 Å². The fourth-order valence-corrected chi connectivity index (χ4v) is 3.20. The average molecular weight is 415 g/mol. The lowest BCUT2D eigenvalue weighted by atomic mass is 9.94. The van der Waals surface area contributed by atoms with Crippen LogP contribution in [0, 0.1) is 0 Å². The van der Waals surface area contributed by atoms with Gasteiger partial charge in [0.25, 0.3) is 11.5 Å². The molecule has 0 radical (unpaired) electrons. The van der Waals surface area contributed by atoms with E-state index < -0.39 is 24.6 Å². The Morgan fingerprint density at radius 2 is 1.97 bits per heavy atom. The molecule has 11 heteroatoms. The molecular formula is C18H18N5O5P. The first-order valence-corrected chi connectivity index (χ1v) is 10.1. The quantitative estimate of drug-likeness (QED) is 0.443. The van der Waals surface area contributed by atoms with Crippen LogP contribution in [0.1, 0.15) is 29.8 Å². The largest absolute Gasteiger partial charge is 0.356 e. The van der Waals surface area contributed by atoms with Crippen LogP contribution in [0.2, 0.25) is 0 Å². The fraction of sp³-hybridized carbons (Fsp3) is 0.167. The highest BCUT2D eigenvalue weighted by Gasteiger charge is 2.27. The molecule has 2 heterocycles. The lowest BCUT2D eigenvalue weighted by Crippen LogP contribution is -2.43. The van der Waals surface area contributed by atoms with E-state index in [1.807, 2.05) is 0 Å². The zero-order valence-electron chi connectivity index (χ0n) is 15.5. The van der Waals surface area contributed by atoms with Crippen LogP contribution in [0.4, 0.5) is 0 Å². The minimum Gasteiger partial charge on any atom is -0.343 e. The van der Waals surface area contributed by atoms with Gasteiger partial charge in [0.15, 0.2) is 5.82 Å². The van der Waals surface area contributed by atoms with Crippen molar-refractivity contribution in [2.75, 3.05) is 0 Å². The number of hydrogen-bond acceptors (Lipinski definition) is 6. The number of rotatable bonds is 5. The Morgan fingerprint density at radius 3 is 2.59 bits per heavy atom. The molecule has 29 heavy (non-hydrogen) atoms. The van der Waals surface area contributed by atoms with Crippen molar-refractivity contribution in [3.8, 4) is 11.5 Å². The topological polar surface area (TPSA) is 158 Å². The first kappa shape index (κ1) is 20.5. The second-order valence-corrected chi connectivity index (χ2v) is 8.36. The van der Waals surface area contributed by atoms with Crippen molar-refractivity contribution in [2.24, 2.45) is 0 Å². The molecule has 3 rings (SSSR count). The molecule has 2 aromatic heterocycles. The average Bonchev–Trinajstić information content (AvgIpc) is 2.67. The van der Waals surface area contributed by atoms with Crippen molar-refractivity contribution < 1.29 is 19.1 Å². The normalized spacial score (nSPS) is 11.9. The maximum Gasteiger partial charge on any atom is 0.356 e. The second-order valence-electron chi connectivity index (χ2n) is 6.76. The van der Waals surface area contributed by atoms with Gasteiger partial charge in [-0.2, -0.15) is 5.10 Å². The molecule has 3 aromatic rings. The van der Waals surface area contributed by atoms with Gasteiger partial charge in [-0.25, -0.2) is 4.98 Å². The van der Waals surface area contributed by atoms with E-state index in [1.165, 1.54) is 24.4 Å². The van der Waals surface area contributed by atoms with E-state index in [0.717, 1.165) is 6.20 Å². The van der Waals surface area contributed by atoms with Crippen LogP contribution in [0.3, 0.4) is 0 Å². The first-order chi connectivity index (χ1) is 13.6. The number of nitrogens with one attached hydrogen (secondary N) is 2. The first-order valence-electron chi connectivity index (χ1n) is 8.44. The highest BCUT2D eigenvalue weighted by Crippen LogP contribution is 2.34. The van der Waals surface area contributed by atoms with Crippen molar-refractivity contribution in [1.82, 2.24) is 25.5 Å². The van der Waals surface area contributed by atoms with Gasteiger partial charge in [-0.15, -0.1) is 5.10 Å². The van der Waals surface area contributed by atoms with E-state index >= 15 is 0 Å². The number of benzene rings is 1. The smallest absolute Gasteiger partial charge is 0.343 e. The van der Waals surface area contributed by atoms with Crippen LogP contribution in [0.5, 0.6) is 0 Å². The van der Waals surface area contributed by atoms with Crippen LogP contribution < -0.4 is 16.2 Å². The minimum absolute atomic E-state index is 0.162. The van der Waals surface area contributed by atoms with E-state index in [-0.39, 0.29) is 16.7 Å². The molecular weight excluding hydrogens is 397 g/mol. The van der Waals surface area contributed by atoms with E-state index in [2.05, 4.69) is 25.5 Å². The molecule has 10 nitrogen and oxygen atoms in total. The van der Waals surface area contributed by atoms with Gasteiger partial charge >= 0.3 is 7.60 Å². The molecule has 0 saturated carbocycles. The predicted octanol–water partition coefficient (Wildman–Crippen LogP) is 0.695. The molecule has 0 fully saturated rings. The summed E-state index contributed by atoms with van der Waals surface area (Å²) < 4.78 is 11.5. The van der Waals surface area contributed by atoms with Gasteiger partial charge in [-0.3, -0.25) is 14.2 Å². The Morgan fingerprint density at radius 1 is 1.21 bits per heavy atom. The Balaban J connectivity index is 1.86. The SMILES string of the molecule is CC(C)(NC(=O)c1cnc(-c2cccnn2)[nH]c1=O)c1cccc(P(=O)(O)O)c1. The van der Waals surface area contributed by atoms with Crippen molar-refractivity contribution in [2.45, 2.75) is 19.4 Å². The molecule has 0 aliphatic carbocycles. The zero-order chi connectivity index (χ0) is 21.2. The van der Waals surface area contributed by atoms with Gasteiger partial charge in [0.05, 0.1) is 10.8 Å². The monoisotopic (exact) mass is 415 g/mol. The molecule has 0 aliphatic heterocycles. The molecule has 0 atom stereocenters. The Hall–Kier alpha value is -3.20. The van der Waals surface area contributed by atoms with Crippen LogP contribution in [0.25, 0.3) is 11.5 Å². The minimum atomic E-state index is -4.44. The fourth-order valence-electron chi connectivity index (χ4n) is 2.61. The van der Waals surface area contributed by atoms with Crippen molar-refractivity contribution in [1.29, 1.82) is 0 Å². The van der Waals surface area contributed by atoms with Crippen LogP contribution in [-0.2, 0) is 10.1 Å². The highest BCUT2D eigenvalue weighted by atomic mass is 31.2. The number of nitrogens with zero attached hydrogens (tertiary/aromatic N) is 3. The molecule has 4 N–H and O–H groups in total. The number of carbonyl (C=O) groups is 1. The third-order valence-electron chi connectivity index (χ3n) is 4.19. The summed E-state index contributed by atoms with van der Waals surface area (Å²) in [6.45, 7) is 3.30. The Labute approximate surface area is 165 Å². The van der Waals surface area contributed by atoms with Crippen molar-refractivity contribution in [3.63, 3.8) is 0 Å². The number of H-pyrrole nitrogens is 1. The van der Waals surface area contributed by atoms with Crippen LogP contribution in [0.15, 0.2) is 53.6 Å². The maximum absolute atomic E-state index is 12.6. The summed E-state index contributed by atoms with van der Waals surface area (Å²) >= 11 is 0. The molecule has 0 spiro atoms. The number of carbonyl (C=O) groups excluding carboxylic acids is 1. The molecule has 1 aromatic carbocycles. The summed E-state index contributed by atoms with van der Waals surface area (Å²) in [6, 6.07) is 8.99. The van der Waals surface area contributed by atoms with Gasteiger partial charge in [-0.05, 0) is 43.7 Å². The zero-order valence-corrected chi connectivity index (χ0v) is 16.4. The Kier molecular flexibility index (Phi) is 5.43. The second kappa shape index (κ2) is 7.67. The molecule has 0 aliphatic rings. The molecule has 0 bridgehead atoms. The van der Waals surface area contributed by atoms with Crippen LogP contribution in [-0.4, -0.2) is 35.9 Å². The van der Waals surface area contributed by atoms with Crippen molar-refractivity contribution >= 4 is 18.8 Å². The number of aromatic amines is 1. The highest BCUT2D eigenvalue weighted by molar-refractivity contribution is 7.60. The number of aromatic nitrogens is 4.